The molecule has 0 aliphatic carbocycles. The van der Waals surface area contributed by atoms with E-state index in [4.69, 9.17) is 14.7 Å². The Bertz CT molecular complexity index is 590. The molecule has 0 unspecified atom stereocenters. The molecular formula is C13H13N3O2S. The molecule has 19 heavy (non-hydrogen) atoms. The molecule has 1 aliphatic rings. The molecule has 2 heterocycles. The van der Waals surface area contributed by atoms with E-state index in [1.54, 1.807) is 11.8 Å². The number of hydrogen-bond donors (Lipinski definition) is 1. The first kappa shape index (κ1) is 12.2. The number of nitriles is 1. The predicted molar refractivity (Wildman–Crippen MR) is 72.7 cm³/mol. The largest absolute Gasteiger partial charge is 0.486 e. The van der Waals surface area contributed by atoms with Crippen molar-refractivity contribution >= 4 is 22.8 Å². The van der Waals surface area contributed by atoms with Crippen molar-refractivity contribution in [2.24, 2.45) is 0 Å². The third-order valence-corrected chi connectivity index (χ3v) is 3.76. The molecule has 6 heteroatoms. The molecule has 0 bridgehead atoms. The van der Waals surface area contributed by atoms with Gasteiger partial charge in [0.05, 0.1) is 17.1 Å². The molecule has 0 atom stereocenters. The fourth-order valence-electron chi connectivity index (χ4n) is 1.91. The van der Waals surface area contributed by atoms with Gasteiger partial charge in [-0.05, 0) is 6.42 Å². The standard InChI is InChI=1S/C13H13N3O2S/c14-3-1-2-6-19-13-15-9-7-11-12(8-10(9)16-13)18-5-4-17-11/h7-8H,1-2,4-6H2,(H,15,16). The van der Waals surface area contributed by atoms with E-state index in [-0.39, 0.29) is 0 Å². The van der Waals surface area contributed by atoms with Crippen LogP contribution in [0.2, 0.25) is 0 Å². The van der Waals surface area contributed by atoms with Crippen LogP contribution < -0.4 is 9.47 Å². The summed E-state index contributed by atoms with van der Waals surface area (Å²) in [7, 11) is 0. The summed E-state index contributed by atoms with van der Waals surface area (Å²) in [5.74, 6) is 2.41. The van der Waals surface area contributed by atoms with Crippen molar-refractivity contribution in [2.45, 2.75) is 18.0 Å². The number of nitrogens with one attached hydrogen (secondary N) is 1. The first-order valence-corrected chi connectivity index (χ1v) is 7.14. The highest BCUT2D eigenvalue weighted by Gasteiger charge is 2.14. The van der Waals surface area contributed by atoms with E-state index in [2.05, 4.69) is 16.0 Å². The second-order valence-corrected chi connectivity index (χ2v) is 5.25. The third kappa shape index (κ3) is 2.61. The normalized spacial score (nSPS) is 13.4. The van der Waals surface area contributed by atoms with Crippen molar-refractivity contribution in [3.8, 4) is 17.6 Å². The summed E-state index contributed by atoms with van der Waals surface area (Å²) in [5.41, 5.74) is 1.83. The fourth-order valence-corrected chi connectivity index (χ4v) is 2.74. The zero-order chi connectivity index (χ0) is 13.1. The van der Waals surface area contributed by atoms with Gasteiger partial charge in [-0.1, -0.05) is 11.8 Å². The monoisotopic (exact) mass is 275 g/mol. The van der Waals surface area contributed by atoms with Crippen molar-refractivity contribution in [3.63, 3.8) is 0 Å². The highest BCUT2D eigenvalue weighted by molar-refractivity contribution is 7.99. The molecule has 1 N–H and O–H groups in total. The third-order valence-electron chi connectivity index (χ3n) is 2.80. The van der Waals surface area contributed by atoms with E-state index in [0.29, 0.717) is 19.6 Å². The molecule has 0 saturated heterocycles. The van der Waals surface area contributed by atoms with E-state index in [1.807, 2.05) is 12.1 Å². The van der Waals surface area contributed by atoms with Gasteiger partial charge in [0.1, 0.15) is 13.2 Å². The van der Waals surface area contributed by atoms with Gasteiger partial charge in [0.2, 0.25) is 0 Å². The zero-order valence-electron chi connectivity index (χ0n) is 10.3. The summed E-state index contributed by atoms with van der Waals surface area (Å²) in [6, 6.07) is 5.97. The molecule has 0 spiro atoms. The Balaban J connectivity index is 1.79. The Kier molecular flexibility index (Phi) is 3.47. The second kappa shape index (κ2) is 5.41. The quantitative estimate of drug-likeness (QED) is 0.686. The molecule has 0 radical (unpaired) electrons. The highest BCUT2D eigenvalue weighted by atomic mass is 32.2. The van der Waals surface area contributed by atoms with Crippen LogP contribution in [0.15, 0.2) is 17.3 Å². The molecule has 2 aromatic rings. The number of H-pyrrole nitrogens is 1. The van der Waals surface area contributed by atoms with Crippen LogP contribution in [0.3, 0.4) is 0 Å². The molecule has 0 fully saturated rings. The van der Waals surface area contributed by atoms with Crippen LogP contribution in [0.25, 0.3) is 11.0 Å². The summed E-state index contributed by atoms with van der Waals surface area (Å²) in [6.45, 7) is 1.17. The van der Waals surface area contributed by atoms with Crippen LogP contribution in [-0.2, 0) is 0 Å². The first-order valence-electron chi connectivity index (χ1n) is 6.16. The maximum atomic E-state index is 8.49. The fraction of sp³-hybridized carbons (Fsp3) is 0.385. The highest BCUT2D eigenvalue weighted by Crippen LogP contribution is 2.34. The molecule has 5 nitrogen and oxygen atoms in total. The molecule has 0 saturated carbocycles. The minimum absolute atomic E-state index is 0.582. The van der Waals surface area contributed by atoms with Gasteiger partial charge in [0.15, 0.2) is 16.7 Å². The lowest BCUT2D eigenvalue weighted by molar-refractivity contribution is 0.172. The van der Waals surface area contributed by atoms with Crippen LogP contribution in [-0.4, -0.2) is 28.9 Å². The van der Waals surface area contributed by atoms with E-state index in [1.165, 1.54) is 0 Å². The Morgan fingerprint density at radius 3 is 2.89 bits per heavy atom. The van der Waals surface area contributed by atoms with Gasteiger partial charge in [-0.3, -0.25) is 0 Å². The molecule has 1 aromatic carbocycles. The molecule has 1 aromatic heterocycles. The second-order valence-electron chi connectivity index (χ2n) is 4.17. The van der Waals surface area contributed by atoms with Gasteiger partial charge >= 0.3 is 0 Å². The van der Waals surface area contributed by atoms with Gasteiger partial charge < -0.3 is 14.5 Å². The van der Waals surface area contributed by atoms with Crippen LogP contribution in [0.4, 0.5) is 0 Å². The number of hydrogen-bond acceptors (Lipinski definition) is 5. The van der Waals surface area contributed by atoms with Crippen molar-refractivity contribution in [2.75, 3.05) is 19.0 Å². The topological polar surface area (TPSA) is 70.9 Å². The summed E-state index contributed by atoms with van der Waals surface area (Å²) in [6.07, 6.45) is 1.46. The van der Waals surface area contributed by atoms with Crippen molar-refractivity contribution in [1.29, 1.82) is 5.26 Å². The maximum Gasteiger partial charge on any atom is 0.166 e. The number of nitrogens with zero attached hydrogens (tertiary/aromatic N) is 2. The molecule has 98 valence electrons. The Morgan fingerprint density at radius 2 is 2.11 bits per heavy atom. The average molecular weight is 275 g/mol. The van der Waals surface area contributed by atoms with Crippen LogP contribution in [0, 0.1) is 11.3 Å². The number of aromatic nitrogens is 2. The van der Waals surface area contributed by atoms with Gasteiger partial charge in [0, 0.05) is 24.3 Å². The zero-order valence-corrected chi connectivity index (χ0v) is 11.1. The van der Waals surface area contributed by atoms with E-state index >= 15 is 0 Å². The van der Waals surface area contributed by atoms with E-state index in [0.717, 1.165) is 39.9 Å². The van der Waals surface area contributed by atoms with Crippen molar-refractivity contribution in [3.05, 3.63) is 12.1 Å². The summed E-state index contributed by atoms with van der Waals surface area (Å²) >= 11 is 1.63. The lowest BCUT2D eigenvalue weighted by Gasteiger charge is -2.17. The van der Waals surface area contributed by atoms with Gasteiger partial charge in [0.25, 0.3) is 0 Å². The van der Waals surface area contributed by atoms with Crippen molar-refractivity contribution < 1.29 is 9.47 Å². The van der Waals surface area contributed by atoms with Crippen LogP contribution in [0.5, 0.6) is 11.5 Å². The molecule has 3 rings (SSSR count). The molecule has 1 aliphatic heterocycles. The number of aromatic amines is 1. The molecule has 0 amide bonds. The summed E-state index contributed by atoms with van der Waals surface area (Å²) in [5, 5.41) is 9.36. The number of thioether (sulfide) groups is 1. The SMILES string of the molecule is N#CCCCSc1nc2cc3c(cc2[nH]1)OCCO3. The van der Waals surface area contributed by atoms with Crippen molar-refractivity contribution in [1.82, 2.24) is 9.97 Å². The lowest BCUT2D eigenvalue weighted by atomic mass is 10.2. The number of benzene rings is 1. The maximum absolute atomic E-state index is 8.49. The van der Waals surface area contributed by atoms with Crippen LogP contribution in [0.1, 0.15) is 12.8 Å². The van der Waals surface area contributed by atoms with Gasteiger partial charge in [-0.25, -0.2) is 4.98 Å². The number of rotatable bonds is 4. The Morgan fingerprint density at radius 1 is 1.32 bits per heavy atom. The smallest absolute Gasteiger partial charge is 0.166 e. The predicted octanol–water partition coefficient (Wildman–Crippen LogP) is 2.73. The number of unbranched alkanes of at least 4 members (excludes halogenated alkanes) is 1. The van der Waals surface area contributed by atoms with Gasteiger partial charge in [-0.2, -0.15) is 5.26 Å². The minimum atomic E-state index is 0.582. The number of imidazole rings is 1. The minimum Gasteiger partial charge on any atom is -0.486 e. The molecular weight excluding hydrogens is 262 g/mol. The van der Waals surface area contributed by atoms with E-state index in [9.17, 15) is 0 Å². The van der Waals surface area contributed by atoms with E-state index < -0.39 is 0 Å². The number of fused-ring (bicyclic) bond motifs is 2. The summed E-state index contributed by atoms with van der Waals surface area (Å²) in [4.78, 5) is 7.76. The number of ether oxygens (including phenoxy) is 2. The Hall–Kier alpha value is -1.87. The first-order chi connectivity index (χ1) is 9.36. The lowest BCUT2D eigenvalue weighted by Crippen LogP contribution is -2.15. The van der Waals surface area contributed by atoms with Gasteiger partial charge in [-0.15, -0.1) is 0 Å². The van der Waals surface area contributed by atoms with Crippen LogP contribution >= 0.6 is 11.8 Å². The Labute approximate surface area is 114 Å². The summed E-state index contributed by atoms with van der Waals surface area (Å²) < 4.78 is 11.1. The average Bonchev–Trinajstić information content (AvgIpc) is 2.82.